The van der Waals surface area contributed by atoms with Gasteiger partial charge in [-0.15, -0.1) is 5.10 Å². The molecule has 0 saturated carbocycles. The third kappa shape index (κ3) is 5.44. The lowest BCUT2D eigenvalue weighted by Crippen LogP contribution is -2.25. The van der Waals surface area contributed by atoms with Gasteiger partial charge in [0.25, 0.3) is 0 Å². The Labute approximate surface area is 159 Å². The highest BCUT2D eigenvalue weighted by molar-refractivity contribution is 7.99. The zero-order valence-corrected chi connectivity index (χ0v) is 15.7. The number of carbonyl (C=O) groups is 2. The lowest BCUT2D eigenvalue weighted by molar-refractivity contribution is -0.114. The number of H-pyrrole nitrogens is 1. The minimum Gasteiger partial charge on any atom is -0.376 e. The minimum absolute atomic E-state index is 0.00982. The van der Waals surface area contributed by atoms with E-state index in [2.05, 4.69) is 20.8 Å². The fourth-order valence-corrected chi connectivity index (χ4v) is 3.49. The first-order chi connectivity index (χ1) is 13.0. The predicted molar refractivity (Wildman–Crippen MR) is 102 cm³/mol. The Morgan fingerprint density at radius 1 is 1.30 bits per heavy atom. The molecule has 1 unspecified atom stereocenters. The van der Waals surface area contributed by atoms with Gasteiger partial charge in [0.2, 0.25) is 11.8 Å². The van der Waals surface area contributed by atoms with Crippen LogP contribution >= 0.6 is 11.8 Å². The second kappa shape index (κ2) is 8.87. The second-order valence-electron chi connectivity index (χ2n) is 6.15. The Bertz CT molecular complexity index is 855. The highest BCUT2D eigenvalue weighted by atomic mass is 32.2. The molecular formula is C17H21N5O4S. The van der Waals surface area contributed by atoms with Crippen LogP contribution in [0.15, 0.2) is 34.2 Å². The lowest BCUT2D eigenvalue weighted by Gasteiger charge is -2.11. The first-order valence-electron chi connectivity index (χ1n) is 8.58. The molecule has 1 aromatic carbocycles. The molecule has 1 aliphatic heterocycles. The molecule has 0 spiro atoms. The van der Waals surface area contributed by atoms with Gasteiger partial charge in [0, 0.05) is 24.9 Å². The number of hydrogen-bond donors (Lipinski definition) is 3. The number of hydrogen-bond acceptors (Lipinski definition) is 6. The molecule has 0 aliphatic carbocycles. The number of nitrogens with zero attached hydrogens (tertiary/aromatic N) is 2. The van der Waals surface area contributed by atoms with Crippen LogP contribution in [-0.2, 0) is 20.9 Å². The molecule has 2 aromatic rings. The summed E-state index contributed by atoms with van der Waals surface area (Å²) in [6.45, 7) is 2.58. The SMILES string of the molecule is CC(=O)Nc1ccc(NC(=O)CSc2n[nH]c(=O)n2CC2CCCO2)cc1. The predicted octanol–water partition coefficient (Wildman–Crippen LogP) is 1.44. The van der Waals surface area contributed by atoms with Gasteiger partial charge in [-0.25, -0.2) is 9.89 Å². The Morgan fingerprint density at radius 3 is 2.63 bits per heavy atom. The second-order valence-corrected chi connectivity index (χ2v) is 7.09. The van der Waals surface area contributed by atoms with Crippen LogP contribution in [0.3, 0.4) is 0 Å². The van der Waals surface area contributed by atoms with E-state index in [9.17, 15) is 14.4 Å². The first kappa shape index (κ1) is 19.2. The van der Waals surface area contributed by atoms with E-state index in [0.29, 0.717) is 29.7 Å². The van der Waals surface area contributed by atoms with Crippen LogP contribution in [-0.4, -0.2) is 45.0 Å². The van der Waals surface area contributed by atoms with Gasteiger partial charge in [-0.1, -0.05) is 11.8 Å². The molecule has 2 heterocycles. The number of ether oxygens (including phenoxy) is 1. The van der Waals surface area contributed by atoms with Crippen molar-refractivity contribution >= 4 is 35.0 Å². The summed E-state index contributed by atoms with van der Waals surface area (Å²) in [6, 6.07) is 6.82. The van der Waals surface area contributed by atoms with Crippen molar-refractivity contribution in [1.82, 2.24) is 14.8 Å². The van der Waals surface area contributed by atoms with Crippen LogP contribution in [0.1, 0.15) is 19.8 Å². The maximum Gasteiger partial charge on any atom is 0.344 e. The van der Waals surface area contributed by atoms with Crippen molar-refractivity contribution in [3.8, 4) is 0 Å². The Balaban J connectivity index is 1.53. The third-order valence-electron chi connectivity index (χ3n) is 3.95. The van der Waals surface area contributed by atoms with E-state index < -0.39 is 0 Å². The largest absolute Gasteiger partial charge is 0.376 e. The van der Waals surface area contributed by atoms with E-state index in [0.717, 1.165) is 12.8 Å². The van der Waals surface area contributed by atoms with Gasteiger partial charge in [0.15, 0.2) is 5.16 Å². The maximum atomic E-state index is 12.2. The molecule has 1 fully saturated rings. The van der Waals surface area contributed by atoms with Crippen molar-refractivity contribution < 1.29 is 14.3 Å². The highest BCUT2D eigenvalue weighted by Crippen LogP contribution is 2.19. The zero-order chi connectivity index (χ0) is 19.2. The van der Waals surface area contributed by atoms with E-state index in [-0.39, 0.29) is 29.4 Å². The van der Waals surface area contributed by atoms with Crippen LogP contribution in [0, 0.1) is 0 Å². The summed E-state index contributed by atoms with van der Waals surface area (Å²) in [5.74, 6) is -0.258. The molecule has 2 amide bonds. The van der Waals surface area contributed by atoms with Crippen LogP contribution in [0.25, 0.3) is 0 Å². The van der Waals surface area contributed by atoms with Crippen molar-refractivity contribution in [1.29, 1.82) is 0 Å². The average Bonchev–Trinajstić information content (AvgIpc) is 3.26. The smallest absolute Gasteiger partial charge is 0.344 e. The van der Waals surface area contributed by atoms with E-state index in [4.69, 9.17) is 4.74 Å². The molecule has 27 heavy (non-hydrogen) atoms. The molecule has 144 valence electrons. The molecule has 3 rings (SSSR count). The van der Waals surface area contributed by atoms with Crippen LogP contribution in [0.5, 0.6) is 0 Å². The number of thioether (sulfide) groups is 1. The van der Waals surface area contributed by atoms with Gasteiger partial charge < -0.3 is 15.4 Å². The standard InChI is InChI=1S/C17H21N5O4S/c1-11(23)18-12-4-6-13(7-5-12)19-15(24)10-27-17-21-20-16(25)22(17)9-14-3-2-8-26-14/h4-7,14H,2-3,8-10H2,1H3,(H,18,23)(H,19,24)(H,20,25). The van der Waals surface area contributed by atoms with Crippen molar-refractivity contribution in [2.24, 2.45) is 0 Å². The normalized spacial score (nSPS) is 16.3. The van der Waals surface area contributed by atoms with E-state index in [1.165, 1.54) is 23.3 Å². The van der Waals surface area contributed by atoms with Crippen molar-refractivity contribution in [3.05, 3.63) is 34.7 Å². The molecule has 1 atom stereocenters. The van der Waals surface area contributed by atoms with Gasteiger partial charge in [0.1, 0.15) is 0 Å². The van der Waals surface area contributed by atoms with Crippen molar-refractivity contribution in [2.45, 2.75) is 37.6 Å². The van der Waals surface area contributed by atoms with Gasteiger partial charge >= 0.3 is 5.69 Å². The van der Waals surface area contributed by atoms with E-state index >= 15 is 0 Å². The molecule has 1 saturated heterocycles. The summed E-state index contributed by atoms with van der Waals surface area (Å²) in [5.41, 5.74) is 0.972. The summed E-state index contributed by atoms with van der Waals surface area (Å²) < 4.78 is 7.07. The quantitative estimate of drug-likeness (QED) is 0.615. The monoisotopic (exact) mass is 391 g/mol. The fraction of sp³-hybridized carbons (Fsp3) is 0.412. The molecule has 0 bridgehead atoms. The number of aromatic amines is 1. The van der Waals surface area contributed by atoms with Crippen molar-refractivity contribution in [3.63, 3.8) is 0 Å². The summed E-state index contributed by atoms with van der Waals surface area (Å²) in [6.07, 6.45) is 1.91. The first-order valence-corrected chi connectivity index (χ1v) is 9.57. The Kier molecular flexibility index (Phi) is 6.30. The summed E-state index contributed by atoms with van der Waals surface area (Å²) in [7, 11) is 0. The Morgan fingerprint density at radius 2 is 2.00 bits per heavy atom. The van der Waals surface area contributed by atoms with Crippen molar-refractivity contribution in [2.75, 3.05) is 23.0 Å². The van der Waals surface area contributed by atoms with Gasteiger partial charge in [-0.2, -0.15) is 0 Å². The van der Waals surface area contributed by atoms with Gasteiger partial charge in [0.05, 0.1) is 18.4 Å². The molecule has 1 aliphatic rings. The number of anilines is 2. The fourth-order valence-electron chi connectivity index (χ4n) is 2.73. The van der Waals surface area contributed by atoms with Gasteiger partial charge in [-0.3, -0.25) is 14.2 Å². The Hall–Kier alpha value is -2.59. The molecular weight excluding hydrogens is 370 g/mol. The highest BCUT2D eigenvalue weighted by Gasteiger charge is 2.20. The lowest BCUT2D eigenvalue weighted by atomic mass is 10.2. The van der Waals surface area contributed by atoms with Crippen LogP contribution in [0.2, 0.25) is 0 Å². The molecule has 9 nitrogen and oxygen atoms in total. The van der Waals surface area contributed by atoms with Gasteiger partial charge in [-0.05, 0) is 37.1 Å². The summed E-state index contributed by atoms with van der Waals surface area (Å²) in [4.78, 5) is 35.1. The summed E-state index contributed by atoms with van der Waals surface area (Å²) in [5, 5.41) is 12.3. The van der Waals surface area contributed by atoms with E-state index in [1.807, 2.05) is 0 Å². The third-order valence-corrected chi connectivity index (χ3v) is 4.93. The van der Waals surface area contributed by atoms with Crippen LogP contribution < -0.4 is 16.3 Å². The topological polar surface area (TPSA) is 118 Å². The number of nitrogens with one attached hydrogen (secondary N) is 3. The number of benzene rings is 1. The summed E-state index contributed by atoms with van der Waals surface area (Å²) >= 11 is 1.19. The average molecular weight is 391 g/mol. The van der Waals surface area contributed by atoms with E-state index in [1.54, 1.807) is 24.3 Å². The zero-order valence-electron chi connectivity index (χ0n) is 14.9. The minimum atomic E-state index is -0.304. The maximum absolute atomic E-state index is 12.2. The molecule has 10 heteroatoms. The number of amides is 2. The molecule has 1 aromatic heterocycles. The number of rotatable bonds is 7. The molecule has 0 radical (unpaired) electrons. The van der Waals surface area contributed by atoms with Crippen LogP contribution in [0.4, 0.5) is 11.4 Å². The molecule has 3 N–H and O–H groups in total. The number of carbonyl (C=O) groups excluding carboxylic acids is 2. The number of aromatic nitrogens is 3.